The molecule has 0 atom stereocenters. The summed E-state index contributed by atoms with van der Waals surface area (Å²) in [7, 11) is 0. The van der Waals surface area contributed by atoms with Crippen molar-refractivity contribution in [3.8, 4) is 0 Å². The van der Waals surface area contributed by atoms with Crippen LogP contribution in [0.25, 0.3) is 10.2 Å². The fraction of sp³-hybridized carbons (Fsp3) is 0.417. The highest BCUT2D eigenvalue weighted by Gasteiger charge is 2.30. The summed E-state index contributed by atoms with van der Waals surface area (Å²) in [5.41, 5.74) is 2.10. The van der Waals surface area contributed by atoms with Crippen LogP contribution in [0.1, 0.15) is 81.0 Å². The predicted molar refractivity (Wildman–Crippen MR) is 128 cm³/mol. The van der Waals surface area contributed by atoms with Gasteiger partial charge in [0.05, 0.1) is 20.7 Å². The molecule has 3 heterocycles. The van der Waals surface area contributed by atoms with Gasteiger partial charge in [0, 0.05) is 18.3 Å². The molecule has 0 unspecified atom stereocenters. The lowest BCUT2D eigenvalue weighted by Crippen LogP contribution is -2.36. The van der Waals surface area contributed by atoms with Crippen molar-refractivity contribution in [3.63, 3.8) is 0 Å². The minimum Gasteiger partial charge on any atom is -0.349 e. The van der Waals surface area contributed by atoms with Gasteiger partial charge in [-0.15, -0.1) is 11.3 Å². The van der Waals surface area contributed by atoms with Gasteiger partial charge >= 0.3 is 0 Å². The summed E-state index contributed by atoms with van der Waals surface area (Å²) >= 11 is 1.30. The first kappa shape index (κ1) is 21.6. The molecule has 2 aliphatic rings. The summed E-state index contributed by atoms with van der Waals surface area (Å²) in [6, 6.07) is 5.45. The lowest BCUT2D eigenvalue weighted by molar-refractivity contribution is 0.0927. The van der Waals surface area contributed by atoms with E-state index in [1.165, 1.54) is 17.8 Å². The van der Waals surface area contributed by atoms with Crippen LogP contribution in [0.3, 0.4) is 0 Å². The van der Waals surface area contributed by atoms with Gasteiger partial charge in [0.25, 0.3) is 17.7 Å². The topological polar surface area (TPSA) is 116 Å². The summed E-state index contributed by atoms with van der Waals surface area (Å²) in [4.78, 5) is 46.7. The molecular weight excluding hydrogens is 438 g/mol. The Labute approximate surface area is 195 Å². The molecule has 8 nitrogen and oxygen atoms in total. The van der Waals surface area contributed by atoms with Crippen LogP contribution in [0, 0.1) is 6.92 Å². The van der Waals surface area contributed by atoms with Gasteiger partial charge in [-0.2, -0.15) is 0 Å². The smallest absolute Gasteiger partial charge is 0.275 e. The first-order chi connectivity index (χ1) is 16.0. The van der Waals surface area contributed by atoms with E-state index in [9.17, 15) is 14.4 Å². The van der Waals surface area contributed by atoms with Crippen molar-refractivity contribution in [1.29, 1.82) is 0 Å². The van der Waals surface area contributed by atoms with Gasteiger partial charge in [-0.05, 0) is 50.3 Å². The van der Waals surface area contributed by atoms with Crippen LogP contribution in [0.15, 0.2) is 24.4 Å². The Morgan fingerprint density at radius 2 is 1.70 bits per heavy atom. The van der Waals surface area contributed by atoms with E-state index >= 15 is 0 Å². The number of rotatable bonds is 6. The number of carbonyl (C=O) groups excluding carboxylic acids is 3. The van der Waals surface area contributed by atoms with E-state index in [1.54, 1.807) is 24.4 Å². The zero-order valence-corrected chi connectivity index (χ0v) is 19.3. The number of hydrogen-bond donors (Lipinski definition) is 4. The van der Waals surface area contributed by atoms with Gasteiger partial charge < -0.3 is 20.9 Å². The first-order valence-electron chi connectivity index (χ1n) is 11.5. The monoisotopic (exact) mass is 465 g/mol. The fourth-order valence-corrected chi connectivity index (χ4v) is 5.54. The van der Waals surface area contributed by atoms with Gasteiger partial charge in [0.1, 0.15) is 11.5 Å². The first-order valence-corrected chi connectivity index (χ1v) is 12.3. The quantitative estimate of drug-likeness (QED) is 0.438. The number of anilines is 1. The minimum absolute atomic E-state index is 0.0957. The Hall–Kier alpha value is -3.20. The molecule has 172 valence electrons. The SMILES string of the molecule is Cc1c(C(=O)NC2CCCCC2)sc2c(C(=O)NC3CC3)c(NC(=O)c3ccccn3)[nH]c12. The second-order valence-corrected chi connectivity index (χ2v) is 9.88. The van der Waals surface area contributed by atoms with Crippen molar-refractivity contribution in [2.24, 2.45) is 0 Å². The second kappa shape index (κ2) is 8.97. The highest BCUT2D eigenvalue weighted by Crippen LogP contribution is 2.38. The molecule has 2 aliphatic carbocycles. The van der Waals surface area contributed by atoms with E-state index in [2.05, 4.69) is 25.9 Å². The predicted octanol–water partition coefficient (Wildman–Crippen LogP) is 4.14. The lowest BCUT2D eigenvalue weighted by atomic mass is 9.95. The number of carbonyl (C=O) groups is 3. The van der Waals surface area contributed by atoms with Crippen molar-refractivity contribution in [1.82, 2.24) is 20.6 Å². The number of pyridine rings is 1. The summed E-state index contributed by atoms with van der Waals surface area (Å²) in [6.45, 7) is 1.87. The number of H-pyrrole nitrogens is 1. The number of aromatic nitrogens is 2. The van der Waals surface area contributed by atoms with Crippen molar-refractivity contribution >= 4 is 45.1 Å². The lowest BCUT2D eigenvalue weighted by Gasteiger charge is -2.22. The number of aromatic amines is 1. The number of nitrogens with one attached hydrogen (secondary N) is 4. The molecule has 2 saturated carbocycles. The molecule has 2 fully saturated rings. The van der Waals surface area contributed by atoms with E-state index in [0.717, 1.165) is 44.1 Å². The van der Waals surface area contributed by atoms with Crippen LogP contribution in [-0.4, -0.2) is 39.8 Å². The van der Waals surface area contributed by atoms with Crippen LogP contribution >= 0.6 is 11.3 Å². The molecule has 33 heavy (non-hydrogen) atoms. The molecule has 0 radical (unpaired) electrons. The highest BCUT2D eigenvalue weighted by atomic mass is 32.1. The minimum atomic E-state index is -0.405. The largest absolute Gasteiger partial charge is 0.349 e. The number of thiophene rings is 1. The van der Waals surface area contributed by atoms with Gasteiger partial charge in [-0.3, -0.25) is 19.4 Å². The van der Waals surface area contributed by atoms with Gasteiger partial charge in [-0.1, -0.05) is 25.3 Å². The van der Waals surface area contributed by atoms with Crippen molar-refractivity contribution in [2.75, 3.05) is 5.32 Å². The summed E-state index contributed by atoms with van der Waals surface area (Å²) in [6.07, 6.45) is 8.96. The normalized spacial score (nSPS) is 16.5. The molecule has 4 N–H and O–H groups in total. The molecule has 0 aromatic carbocycles. The fourth-order valence-electron chi connectivity index (χ4n) is 4.33. The van der Waals surface area contributed by atoms with Crippen molar-refractivity contribution in [2.45, 2.75) is 64.0 Å². The molecule has 0 bridgehead atoms. The summed E-state index contributed by atoms with van der Waals surface area (Å²) < 4.78 is 0.677. The number of hydrogen-bond acceptors (Lipinski definition) is 5. The number of aryl methyl sites for hydroxylation is 1. The molecule has 3 amide bonds. The Morgan fingerprint density at radius 3 is 2.39 bits per heavy atom. The van der Waals surface area contributed by atoms with Crippen LogP contribution < -0.4 is 16.0 Å². The molecule has 0 aliphatic heterocycles. The van der Waals surface area contributed by atoms with Crippen LogP contribution in [-0.2, 0) is 0 Å². The average molecular weight is 466 g/mol. The van der Waals surface area contributed by atoms with Gasteiger partial charge in [-0.25, -0.2) is 0 Å². The van der Waals surface area contributed by atoms with E-state index in [-0.39, 0.29) is 29.6 Å². The Balaban J connectivity index is 1.47. The molecular formula is C24H27N5O3S. The zero-order valence-electron chi connectivity index (χ0n) is 18.5. The molecule has 9 heteroatoms. The van der Waals surface area contributed by atoms with E-state index < -0.39 is 5.91 Å². The zero-order chi connectivity index (χ0) is 22.9. The molecule has 3 aromatic heterocycles. The summed E-state index contributed by atoms with van der Waals surface area (Å²) in [5, 5.41) is 8.98. The van der Waals surface area contributed by atoms with Crippen LogP contribution in [0.5, 0.6) is 0 Å². The van der Waals surface area contributed by atoms with Crippen LogP contribution in [0.4, 0.5) is 5.82 Å². The third kappa shape index (κ3) is 4.50. The molecule has 5 rings (SSSR count). The van der Waals surface area contributed by atoms with Crippen molar-refractivity contribution in [3.05, 3.63) is 46.1 Å². The van der Waals surface area contributed by atoms with Gasteiger partial charge in [0.15, 0.2) is 0 Å². The number of fused-ring (bicyclic) bond motifs is 1. The maximum absolute atomic E-state index is 13.1. The van der Waals surface area contributed by atoms with Gasteiger partial charge in [0.2, 0.25) is 0 Å². The Kier molecular flexibility index (Phi) is 5.88. The van der Waals surface area contributed by atoms with E-state index in [1.807, 2.05) is 6.92 Å². The van der Waals surface area contributed by atoms with E-state index in [4.69, 9.17) is 0 Å². The second-order valence-electron chi connectivity index (χ2n) is 8.86. The van der Waals surface area contributed by atoms with Crippen molar-refractivity contribution < 1.29 is 14.4 Å². The maximum atomic E-state index is 13.1. The number of nitrogens with zero attached hydrogens (tertiary/aromatic N) is 1. The summed E-state index contributed by atoms with van der Waals surface area (Å²) in [5.74, 6) is -0.424. The highest BCUT2D eigenvalue weighted by molar-refractivity contribution is 7.21. The standard InChI is InChI=1S/C24H27N5O3S/c1-13-18-20(33-19(13)24(32)27-14-7-3-2-4-8-14)17(23(31)26-15-10-11-15)21(28-18)29-22(30)16-9-5-6-12-25-16/h5-6,9,12,14-15,28H,2-4,7-8,10-11H2,1H3,(H,26,31)(H,27,32)(H,29,30). The molecule has 0 saturated heterocycles. The third-order valence-corrected chi connectivity index (χ3v) is 7.60. The molecule has 0 spiro atoms. The van der Waals surface area contributed by atoms with E-state index in [0.29, 0.717) is 26.5 Å². The maximum Gasteiger partial charge on any atom is 0.275 e. The Bertz CT molecular complexity index is 1210. The third-order valence-electron chi connectivity index (χ3n) is 6.30. The van der Waals surface area contributed by atoms with Crippen LogP contribution in [0.2, 0.25) is 0 Å². The Morgan fingerprint density at radius 1 is 0.970 bits per heavy atom. The average Bonchev–Trinajstić information content (AvgIpc) is 3.48. The number of amides is 3. The molecule has 3 aromatic rings.